The average Bonchev–Trinajstić information content (AvgIpc) is 3.28. The van der Waals surface area contributed by atoms with E-state index in [2.05, 4.69) is 22.3 Å². The molecule has 25 heavy (non-hydrogen) atoms. The lowest BCUT2D eigenvalue weighted by atomic mass is 10.1. The molecule has 0 aliphatic carbocycles. The molecule has 0 atom stereocenters. The zero-order valence-electron chi connectivity index (χ0n) is 12.6. The van der Waals surface area contributed by atoms with E-state index in [-0.39, 0.29) is 11.1 Å². The molecule has 0 saturated carbocycles. The molecule has 0 saturated heterocycles. The zero-order chi connectivity index (χ0) is 17.2. The molecule has 0 aliphatic heterocycles. The van der Waals surface area contributed by atoms with Crippen LogP contribution in [0, 0.1) is 22.7 Å². The zero-order valence-corrected chi connectivity index (χ0v) is 13.4. The van der Waals surface area contributed by atoms with Crippen LogP contribution in [-0.4, -0.2) is 10.2 Å². The van der Waals surface area contributed by atoms with Crippen LogP contribution in [0.1, 0.15) is 11.1 Å². The number of fused-ring (bicyclic) bond motifs is 1. The summed E-state index contributed by atoms with van der Waals surface area (Å²) < 4.78 is 11.3. The SMILES string of the molecule is N#Cc1cccc(C#N)c1Sc1nnc(-c2cc3ccccc3o2)o1. The van der Waals surface area contributed by atoms with Crippen molar-refractivity contribution >= 4 is 22.7 Å². The first-order valence-corrected chi connectivity index (χ1v) is 8.03. The van der Waals surface area contributed by atoms with Crippen LogP contribution in [0.2, 0.25) is 0 Å². The molecule has 6 nitrogen and oxygen atoms in total. The fraction of sp³-hybridized carbons (Fsp3) is 0. The van der Waals surface area contributed by atoms with E-state index in [4.69, 9.17) is 8.83 Å². The van der Waals surface area contributed by atoms with Crippen molar-refractivity contribution in [1.29, 1.82) is 10.5 Å². The minimum absolute atomic E-state index is 0.231. The topological polar surface area (TPSA) is 99.6 Å². The molecule has 2 aromatic heterocycles. The van der Waals surface area contributed by atoms with Crippen LogP contribution in [0.25, 0.3) is 22.6 Å². The van der Waals surface area contributed by atoms with Crippen LogP contribution in [0.4, 0.5) is 0 Å². The predicted molar refractivity (Wildman–Crippen MR) is 89.5 cm³/mol. The van der Waals surface area contributed by atoms with Gasteiger partial charge in [0.05, 0.1) is 16.0 Å². The highest BCUT2D eigenvalue weighted by atomic mass is 32.2. The Morgan fingerprint density at radius 2 is 1.64 bits per heavy atom. The van der Waals surface area contributed by atoms with Crippen molar-refractivity contribution in [3.8, 4) is 23.8 Å². The highest BCUT2D eigenvalue weighted by Crippen LogP contribution is 2.34. The minimum Gasteiger partial charge on any atom is -0.451 e. The molecular formula is C18H8N4O2S. The molecule has 2 aromatic carbocycles. The van der Waals surface area contributed by atoms with Gasteiger partial charge in [0.25, 0.3) is 11.1 Å². The monoisotopic (exact) mass is 344 g/mol. The van der Waals surface area contributed by atoms with Gasteiger partial charge in [0.1, 0.15) is 17.7 Å². The van der Waals surface area contributed by atoms with Gasteiger partial charge in [-0.25, -0.2) is 0 Å². The molecule has 4 aromatic rings. The van der Waals surface area contributed by atoms with E-state index in [1.165, 1.54) is 0 Å². The third-order valence-corrected chi connectivity index (χ3v) is 4.47. The molecule has 2 heterocycles. The molecule has 0 aliphatic rings. The molecule has 118 valence electrons. The summed E-state index contributed by atoms with van der Waals surface area (Å²) >= 11 is 1.09. The number of benzene rings is 2. The molecule has 0 amide bonds. The Balaban J connectivity index is 1.69. The summed E-state index contributed by atoms with van der Waals surface area (Å²) in [5, 5.41) is 27.6. The molecule has 0 unspecified atom stereocenters. The van der Waals surface area contributed by atoms with Gasteiger partial charge in [0, 0.05) is 5.39 Å². The summed E-state index contributed by atoms with van der Waals surface area (Å²) in [5.74, 6) is 0.710. The van der Waals surface area contributed by atoms with E-state index in [0.29, 0.717) is 21.8 Å². The van der Waals surface area contributed by atoms with Crippen molar-refractivity contribution in [2.75, 3.05) is 0 Å². The Kier molecular flexibility index (Phi) is 3.70. The van der Waals surface area contributed by atoms with E-state index in [1.54, 1.807) is 18.2 Å². The fourth-order valence-electron chi connectivity index (χ4n) is 2.35. The molecule has 0 radical (unpaired) electrons. The Morgan fingerprint density at radius 1 is 0.880 bits per heavy atom. The number of rotatable bonds is 3. The molecule has 7 heteroatoms. The van der Waals surface area contributed by atoms with Crippen LogP contribution in [0.5, 0.6) is 0 Å². The predicted octanol–water partition coefficient (Wildman–Crippen LogP) is 4.38. The summed E-state index contributed by atoms with van der Waals surface area (Å²) in [6.07, 6.45) is 0. The number of nitrogens with zero attached hydrogens (tertiary/aromatic N) is 4. The molecule has 0 fully saturated rings. The van der Waals surface area contributed by atoms with Gasteiger partial charge >= 0.3 is 0 Å². The van der Waals surface area contributed by atoms with Crippen LogP contribution >= 0.6 is 11.8 Å². The summed E-state index contributed by atoms with van der Waals surface area (Å²) in [4.78, 5) is 0.493. The van der Waals surface area contributed by atoms with E-state index in [0.717, 1.165) is 22.7 Å². The van der Waals surface area contributed by atoms with Gasteiger partial charge < -0.3 is 8.83 Å². The van der Waals surface area contributed by atoms with Gasteiger partial charge in [-0.3, -0.25) is 0 Å². The van der Waals surface area contributed by atoms with Crippen molar-refractivity contribution in [3.63, 3.8) is 0 Å². The number of hydrogen-bond acceptors (Lipinski definition) is 7. The average molecular weight is 344 g/mol. The standard InChI is InChI=1S/C18H8N4O2S/c19-9-12-5-3-6-13(10-20)16(12)25-18-22-21-17(24-18)15-8-11-4-1-2-7-14(11)23-15/h1-8H. The van der Waals surface area contributed by atoms with Gasteiger partial charge in [-0.2, -0.15) is 10.5 Å². The van der Waals surface area contributed by atoms with Crippen molar-refractivity contribution in [1.82, 2.24) is 10.2 Å². The minimum atomic E-state index is 0.231. The molecular weight excluding hydrogens is 336 g/mol. The fourth-order valence-corrected chi connectivity index (χ4v) is 3.17. The van der Waals surface area contributed by atoms with Crippen molar-refractivity contribution in [2.24, 2.45) is 0 Å². The lowest BCUT2D eigenvalue weighted by Crippen LogP contribution is -1.87. The maximum Gasteiger partial charge on any atom is 0.284 e. The number of aromatic nitrogens is 2. The Labute approximate surface area is 146 Å². The second-order valence-electron chi connectivity index (χ2n) is 5.03. The smallest absolute Gasteiger partial charge is 0.284 e. The third-order valence-electron chi connectivity index (χ3n) is 3.49. The van der Waals surface area contributed by atoms with Crippen LogP contribution in [0.3, 0.4) is 0 Å². The van der Waals surface area contributed by atoms with E-state index in [1.807, 2.05) is 30.3 Å². The quantitative estimate of drug-likeness (QED) is 0.543. The molecule has 0 bridgehead atoms. The Morgan fingerprint density at radius 3 is 2.36 bits per heavy atom. The molecule has 0 N–H and O–H groups in total. The number of nitriles is 2. The van der Waals surface area contributed by atoms with Gasteiger partial charge in [-0.15, -0.1) is 10.2 Å². The maximum absolute atomic E-state index is 9.23. The first kappa shape index (κ1) is 15.0. The second kappa shape index (κ2) is 6.16. The van der Waals surface area contributed by atoms with E-state index >= 15 is 0 Å². The van der Waals surface area contributed by atoms with Crippen molar-refractivity contribution in [3.05, 3.63) is 59.7 Å². The summed E-state index contributed by atoms with van der Waals surface area (Å²) in [6.45, 7) is 0. The van der Waals surface area contributed by atoms with Gasteiger partial charge in [0.15, 0.2) is 5.76 Å². The van der Waals surface area contributed by atoms with Crippen molar-refractivity contribution in [2.45, 2.75) is 10.1 Å². The molecule has 4 rings (SSSR count). The van der Waals surface area contributed by atoms with Crippen LogP contribution in [0.15, 0.2) is 67.5 Å². The Hall–Kier alpha value is -3.55. The summed E-state index contributed by atoms with van der Waals surface area (Å²) in [5.41, 5.74) is 1.49. The number of hydrogen-bond donors (Lipinski definition) is 0. The maximum atomic E-state index is 9.23. The molecule has 0 spiro atoms. The van der Waals surface area contributed by atoms with Crippen molar-refractivity contribution < 1.29 is 8.83 Å². The van der Waals surface area contributed by atoms with Gasteiger partial charge in [-0.1, -0.05) is 24.3 Å². The summed E-state index contributed by atoms with van der Waals surface area (Å²) in [6, 6.07) is 18.5. The third kappa shape index (κ3) is 2.74. The van der Waals surface area contributed by atoms with E-state index < -0.39 is 0 Å². The lowest BCUT2D eigenvalue weighted by molar-refractivity contribution is 0.451. The van der Waals surface area contributed by atoms with Gasteiger partial charge in [-0.05, 0) is 36.0 Å². The number of para-hydroxylation sites is 1. The normalized spacial score (nSPS) is 10.5. The highest BCUT2D eigenvalue weighted by Gasteiger charge is 2.17. The second-order valence-corrected chi connectivity index (χ2v) is 5.99. The van der Waals surface area contributed by atoms with Crippen LogP contribution in [-0.2, 0) is 0 Å². The lowest BCUT2D eigenvalue weighted by Gasteiger charge is -2.01. The number of furan rings is 1. The largest absolute Gasteiger partial charge is 0.451 e. The first-order chi connectivity index (χ1) is 12.3. The van der Waals surface area contributed by atoms with E-state index in [9.17, 15) is 10.5 Å². The van der Waals surface area contributed by atoms with Crippen LogP contribution < -0.4 is 0 Å². The Bertz CT molecular complexity index is 1100. The summed E-state index contributed by atoms with van der Waals surface area (Å²) in [7, 11) is 0. The first-order valence-electron chi connectivity index (χ1n) is 7.22. The van der Waals surface area contributed by atoms with Gasteiger partial charge in [0.2, 0.25) is 0 Å². The highest BCUT2D eigenvalue weighted by molar-refractivity contribution is 7.99.